The summed E-state index contributed by atoms with van der Waals surface area (Å²) in [5.74, 6) is 0.606. The minimum Gasteiger partial charge on any atom is -0.456 e. The van der Waals surface area contributed by atoms with Gasteiger partial charge in [-0.05, 0) is 12.1 Å². The topological polar surface area (TPSA) is 30.2 Å². The van der Waals surface area contributed by atoms with Crippen molar-refractivity contribution in [2.45, 2.75) is 0 Å². The Hall–Kier alpha value is -1.35. The minimum absolute atomic E-state index is 0. The first kappa shape index (κ1) is 13.1. The molecule has 0 amide bonds. The number of rotatable bonds is 1. The SMILES string of the molecule is O=c1cc(-c2ccccc2)oc2ccccc12.[Na]. The van der Waals surface area contributed by atoms with Crippen LogP contribution < -0.4 is 5.43 Å². The van der Waals surface area contributed by atoms with Gasteiger partial charge in [-0.3, -0.25) is 4.79 Å². The Kier molecular flexibility index (Phi) is 4.02. The second-order valence-electron chi connectivity index (χ2n) is 3.84. The van der Waals surface area contributed by atoms with Crippen molar-refractivity contribution in [1.29, 1.82) is 0 Å². The normalized spacial score (nSPS) is 10.0. The number of fused-ring (bicyclic) bond motifs is 1. The van der Waals surface area contributed by atoms with Crippen LogP contribution in [0.4, 0.5) is 0 Å². The minimum atomic E-state index is -0.00861. The number of hydrogen-bond donors (Lipinski definition) is 0. The summed E-state index contributed by atoms with van der Waals surface area (Å²) < 4.78 is 5.73. The summed E-state index contributed by atoms with van der Waals surface area (Å²) in [5, 5.41) is 0.618. The van der Waals surface area contributed by atoms with Gasteiger partial charge in [-0.15, -0.1) is 0 Å². The van der Waals surface area contributed by atoms with E-state index in [1.165, 1.54) is 6.07 Å². The maximum Gasteiger partial charge on any atom is 0.193 e. The van der Waals surface area contributed by atoms with Crippen molar-refractivity contribution in [2.75, 3.05) is 0 Å². The van der Waals surface area contributed by atoms with E-state index in [9.17, 15) is 4.79 Å². The summed E-state index contributed by atoms with van der Waals surface area (Å²) in [7, 11) is 0. The molecule has 0 saturated heterocycles. The molecular weight excluding hydrogens is 235 g/mol. The molecule has 0 unspecified atom stereocenters. The van der Waals surface area contributed by atoms with Gasteiger partial charge in [-0.2, -0.15) is 0 Å². The van der Waals surface area contributed by atoms with Gasteiger partial charge in [0.1, 0.15) is 11.3 Å². The molecule has 0 aliphatic carbocycles. The van der Waals surface area contributed by atoms with Gasteiger partial charge < -0.3 is 4.42 Å². The van der Waals surface area contributed by atoms with Gasteiger partial charge in [0.2, 0.25) is 0 Å². The van der Waals surface area contributed by atoms with E-state index in [4.69, 9.17) is 4.42 Å². The zero-order valence-corrected chi connectivity index (χ0v) is 12.1. The maximum absolute atomic E-state index is 11.9. The standard InChI is InChI=1S/C15H10O2.Na/c16-13-10-15(11-6-2-1-3-7-11)17-14-9-5-4-8-12(13)14;/h1-10H;. The van der Waals surface area contributed by atoms with E-state index in [1.807, 2.05) is 48.5 Å². The molecule has 83 valence electrons. The van der Waals surface area contributed by atoms with Gasteiger partial charge in [0, 0.05) is 41.2 Å². The molecule has 0 spiro atoms. The van der Waals surface area contributed by atoms with Crippen LogP contribution in [0, 0.1) is 0 Å². The second-order valence-corrected chi connectivity index (χ2v) is 3.84. The van der Waals surface area contributed by atoms with Gasteiger partial charge in [-0.1, -0.05) is 42.5 Å². The first-order chi connectivity index (χ1) is 8.34. The molecule has 0 aliphatic heterocycles. The van der Waals surface area contributed by atoms with Crippen LogP contribution in [0.2, 0.25) is 0 Å². The molecule has 1 heterocycles. The molecule has 3 heteroatoms. The first-order valence-corrected chi connectivity index (χ1v) is 5.43. The van der Waals surface area contributed by atoms with E-state index in [0.29, 0.717) is 16.7 Å². The number of benzene rings is 2. The molecule has 0 N–H and O–H groups in total. The van der Waals surface area contributed by atoms with Crippen molar-refractivity contribution in [3.05, 3.63) is 70.9 Å². The van der Waals surface area contributed by atoms with Crippen molar-refractivity contribution in [3.63, 3.8) is 0 Å². The number of hydrogen-bond acceptors (Lipinski definition) is 2. The van der Waals surface area contributed by atoms with E-state index in [1.54, 1.807) is 6.07 Å². The Morgan fingerprint density at radius 3 is 2.28 bits per heavy atom. The predicted octanol–water partition coefficient (Wildman–Crippen LogP) is 3.08. The van der Waals surface area contributed by atoms with Gasteiger partial charge in [0.05, 0.1) is 5.39 Å². The maximum atomic E-state index is 11.9. The molecule has 0 atom stereocenters. The third-order valence-electron chi connectivity index (χ3n) is 2.69. The molecule has 0 bridgehead atoms. The van der Waals surface area contributed by atoms with Gasteiger partial charge in [0.25, 0.3) is 0 Å². The zero-order valence-electron chi connectivity index (χ0n) is 10.1. The molecule has 0 saturated carbocycles. The Morgan fingerprint density at radius 2 is 1.50 bits per heavy atom. The van der Waals surface area contributed by atoms with E-state index in [2.05, 4.69) is 0 Å². The van der Waals surface area contributed by atoms with E-state index >= 15 is 0 Å². The van der Waals surface area contributed by atoms with Crippen LogP contribution in [0.1, 0.15) is 0 Å². The van der Waals surface area contributed by atoms with Crippen LogP contribution in [0.3, 0.4) is 0 Å². The first-order valence-electron chi connectivity index (χ1n) is 5.43. The summed E-state index contributed by atoms with van der Waals surface area (Å²) in [6.07, 6.45) is 0. The van der Waals surface area contributed by atoms with E-state index < -0.39 is 0 Å². The molecule has 3 rings (SSSR count). The Labute approximate surface area is 127 Å². The largest absolute Gasteiger partial charge is 0.456 e. The van der Waals surface area contributed by atoms with Crippen LogP contribution in [-0.4, -0.2) is 29.6 Å². The molecule has 1 radical (unpaired) electrons. The Morgan fingerprint density at radius 1 is 0.833 bits per heavy atom. The molecular formula is C15H10NaO2. The third kappa shape index (κ3) is 2.41. The summed E-state index contributed by atoms with van der Waals surface area (Å²) in [5.41, 5.74) is 1.53. The van der Waals surface area contributed by atoms with Crippen LogP contribution >= 0.6 is 0 Å². The van der Waals surface area contributed by atoms with Crippen LogP contribution in [-0.2, 0) is 0 Å². The molecule has 1 aromatic heterocycles. The number of para-hydroxylation sites is 1. The Balaban J connectivity index is 0.00000120. The summed E-state index contributed by atoms with van der Waals surface area (Å²) >= 11 is 0. The smallest absolute Gasteiger partial charge is 0.193 e. The monoisotopic (exact) mass is 245 g/mol. The van der Waals surface area contributed by atoms with E-state index in [0.717, 1.165) is 5.56 Å². The molecule has 0 fully saturated rings. The molecule has 3 aromatic rings. The van der Waals surface area contributed by atoms with Crippen molar-refractivity contribution in [3.8, 4) is 11.3 Å². The average Bonchev–Trinajstić information content (AvgIpc) is 2.40. The second kappa shape index (κ2) is 5.53. The van der Waals surface area contributed by atoms with Crippen LogP contribution in [0.5, 0.6) is 0 Å². The fourth-order valence-corrected chi connectivity index (χ4v) is 1.85. The molecule has 2 nitrogen and oxygen atoms in total. The van der Waals surface area contributed by atoms with Crippen molar-refractivity contribution >= 4 is 40.5 Å². The molecule has 0 aliphatic rings. The molecule has 18 heavy (non-hydrogen) atoms. The Bertz CT molecular complexity index is 717. The zero-order chi connectivity index (χ0) is 11.7. The fourth-order valence-electron chi connectivity index (χ4n) is 1.85. The quantitative estimate of drug-likeness (QED) is 0.617. The van der Waals surface area contributed by atoms with Gasteiger partial charge in [-0.25, -0.2) is 0 Å². The summed E-state index contributed by atoms with van der Waals surface area (Å²) in [6.45, 7) is 0. The summed E-state index contributed by atoms with van der Waals surface area (Å²) in [6, 6.07) is 18.4. The van der Waals surface area contributed by atoms with Gasteiger partial charge >= 0.3 is 0 Å². The van der Waals surface area contributed by atoms with Crippen LogP contribution in [0.15, 0.2) is 69.9 Å². The van der Waals surface area contributed by atoms with Gasteiger partial charge in [0.15, 0.2) is 5.43 Å². The fraction of sp³-hybridized carbons (Fsp3) is 0. The van der Waals surface area contributed by atoms with E-state index in [-0.39, 0.29) is 35.0 Å². The third-order valence-corrected chi connectivity index (χ3v) is 2.69. The van der Waals surface area contributed by atoms with Crippen molar-refractivity contribution in [2.24, 2.45) is 0 Å². The van der Waals surface area contributed by atoms with Crippen molar-refractivity contribution in [1.82, 2.24) is 0 Å². The predicted molar refractivity (Wildman–Crippen MR) is 73.7 cm³/mol. The molecule has 2 aromatic carbocycles. The van der Waals surface area contributed by atoms with Crippen LogP contribution in [0.25, 0.3) is 22.3 Å². The summed E-state index contributed by atoms with van der Waals surface area (Å²) in [4.78, 5) is 11.9. The van der Waals surface area contributed by atoms with Crippen molar-refractivity contribution < 1.29 is 4.42 Å². The average molecular weight is 245 g/mol.